The number of carbonyl (C=O) groups is 6. The number of unbranched alkanes of at least 4 members (excludes halogenated alkanes) is 1. The van der Waals surface area contributed by atoms with Gasteiger partial charge in [0.15, 0.2) is 17.9 Å². The Labute approximate surface area is 472 Å². The van der Waals surface area contributed by atoms with Crippen LogP contribution in [0.3, 0.4) is 0 Å². The number of amides is 3. The first-order chi connectivity index (χ1) is 38.9. The molecule has 2 aromatic heterocycles. The summed E-state index contributed by atoms with van der Waals surface area (Å²) < 4.78 is 99.4. The van der Waals surface area contributed by atoms with Crippen molar-refractivity contribution in [3.8, 4) is 0 Å². The Bertz CT molecular complexity index is 2980. The molecule has 0 aliphatic carbocycles. The molecule has 5 aromatic rings. The van der Waals surface area contributed by atoms with E-state index in [0.29, 0.717) is 54.5 Å². The number of carbonyl (C=O) groups excluding carboxylic acids is 4. The van der Waals surface area contributed by atoms with Crippen LogP contribution in [0.25, 0.3) is 12.2 Å². The van der Waals surface area contributed by atoms with Gasteiger partial charge in [0.05, 0.1) is 47.7 Å². The van der Waals surface area contributed by atoms with E-state index in [1.807, 2.05) is 62.9 Å². The lowest BCUT2D eigenvalue weighted by molar-refractivity contribution is -0.706. The first-order valence-electron chi connectivity index (χ1n) is 25.8. The molecular formula is C57H63F9N8O9. The number of aliphatic carboxylic acids is 3. The molecule has 0 atom stereocenters. The van der Waals surface area contributed by atoms with E-state index in [1.165, 1.54) is 17.7 Å². The summed E-state index contributed by atoms with van der Waals surface area (Å²) in [7, 11) is 4.09. The third kappa shape index (κ3) is 22.4. The number of nitrogens with zero attached hydrogens (tertiary/aromatic N) is 6. The van der Waals surface area contributed by atoms with Gasteiger partial charge in [-0.15, -0.1) is 0 Å². The van der Waals surface area contributed by atoms with Gasteiger partial charge in [-0.3, -0.25) is 24.2 Å². The zero-order chi connectivity index (χ0) is 61.7. The summed E-state index contributed by atoms with van der Waals surface area (Å²) in [6, 6.07) is 27.7. The van der Waals surface area contributed by atoms with E-state index in [1.54, 1.807) is 11.0 Å². The maximum absolute atomic E-state index is 13.9. The first-order valence-corrected chi connectivity index (χ1v) is 25.8. The monoisotopic (exact) mass is 1170 g/mol. The van der Waals surface area contributed by atoms with Crippen molar-refractivity contribution in [1.82, 2.24) is 19.8 Å². The molecule has 0 unspecified atom stereocenters. The molecule has 4 heterocycles. The van der Waals surface area contributed by atoms with Crippen LogP contribution in [0.2, 0.25) is 0 Å². The van der Waals surface area contributed by atoms with E-state index in [-0.39, 0.29) is 17.7 Å². The van der Waals surface area contributed by atoms with Crippen LogP contribution in [0, 0.1) is 19.8 Å². The molecule has 0 saturated carbocycles. The minimum atomic E-state index is -5.19. The molecule has 3 amide bonds. The van der Waals surface area contributed by atoms with Crippen LogP contribution < -0.4 is 30.1 Å². The van der Waals surface area contributed by atoms with Crippen LogP contribution in [-0.4, -0.2) is 119 Å². The van der Waals surface area contributed by atoms with Crippen LogP contribution in [0.15, 0.2) is 110 Å². The maximum atomic E-state index is 13.9. The van der Waals surface area contributed by atoms with Crippen molar-refractivity contribution in [2.24, 2.45) is 5.92 Å². The smallest absolute Gasteiger partial charge is 0.490 e. The average molecular weight is 1180 g/mol. The highest BCUT2D eigenvalue weighted by atomic mass is 19.4. The number of aryl methyl sites for hydroxylation is 4. The number of hydrogen-bond acceptors (Lipinski definition) is 10. The molecule has 448 valence electrons. The van der Waals surface area contributed by atoms with Crippen LogP contribution in [0.4, 0.5) is 62.3 Å². The Morgan fingerprint density at radius 2 is 1.33 bits per heavy atom. The molecule has 26 heteroatoms. The molecule has 3 aromatic carbocycles. The molecule has 83 heavy (non-hydrogen) atoms. The Kier molecular flexibility index (Phi) is 25.0. The third-order valence-corrected chi connectivity index (χ3v) is 12.7. The summed E-state index contributed by atoms with van der Waals surface area (Å²) in [6.45, 7) is 8.52. The molecule has 2 aliphatic heterocycles. The molecule has 2 aliphatic rings. The minimum absolute atomic E-state index is 0.0294. The average Bonchev–Trinajstić information content (AvgIpc) is 3.81. The lowest BCUT2D eigenvalue weighted by atomic mass is 9.91. The van der Waals surface area contributed by atoms with Gasteiger partial charge in [-0.05, 0) is 92.2 Å². The van der Waals surface area contributed by atoms with Crippen molar-refractivity contribution in [2.75, 3.05) is 55.4 Å². The lowest BCUT2D eigenvalue weighted by Crippen LogP contribution is -2.45. The van der Waals surface area contributed by atoms with Gasteiger partial charge in [-0.2, -0.15) is 44.1 Å². The van der Waals surface area contributed by atoms with Crippen molar-refractivity contribution < 1.29 is 88.2 Å². The number of allylic oxidation sites excluding steroid dienone is 2. The zero-order valence-corrected chi connectivity index (χ0v) is 45.7. The Balaban J connectivity index is 0.000000598. The largest absolute Gasteiger partial charge is 0.542 e. The number of imidazole rings is 1. The number of hydrogen-bond donors (Lipinski definition) is 4. The SMILES string of the molecule is Cc1cc(/C=C/C=C/c2ccc(N(C)C)cc2)cc(C)[n+]1CCNC(=O)CCc1cn(CCCCC2CCN(CC(=O)N3c4ccccc4NC(=O)c4ccccc43)CC2)cn1.O=C(O)C(F)(F)F.O=C(O)C(F)(F)F.O=C([O-])C(F)(F)F. The van der Waals surface area contributed by atoms with Crippen molar-refractivity contribution in [2.45, 2.75) is 90.4 Å². The molecule has 0 bridgehead atoms. The van der Waals surface area contributed by atoms with E-state index in [4.69, 9.17) is 29.7 Å². The molecule has 1 saturated heterocycles. The lowest BCUT2D eigenvalue weighted by Gasteiger charge is -2.33. The summed E-state index contributed by atoms with van der Waals surface area (Å²) in [5, 5.41) is 29.1. The second-order valence-electron chi connectivity index (χ2n) is 19.2. The fraction of sp³-hybridized carbons (Fsp3) is 0.368. The second kappa shape index (κ2) is 31.0. The number of pyridine rings is 1. The van der Waals surface area contributed by atoms with Crippen LogP contribution in [0.5, 0.6) is 0 Å². The maximum Gasteiger partial charge on any atom is 0.490 e. The number of piperidine rings is 1. The highest BCUT2D eigenvalue weighted by Gasteiger charge is 2.39. The summed E-state index contributed by atoms with van der Waals surface area (Å²) in [5.41, 5.74) is 9.21. The summed E-state index contributed by atoms with van der Waals surface area (Å²) >= 11 is 0. The summed E-state index contributed by atoms with van der Waals surface area (Å²) in [4.78, 5) is 76.8. The van der Waals surface area contributed by atoms with E-state index < -0.39 is 36.4 Å². The number of aromatic nitrogens is 3. The number of anilines is 4. The molecule has 7 rings (SSSR count). The number of nitrogens with one attached hydrogen (secondary N) is 2. The molecule has 1 fully saturated rings. The van der Waals surface area contributed by atoms with Crippen LogP contribution in [0.1, 0.15) is 77.1 Å². The molecule has 0 spiro atoms. The Morgan fingerprint density at radius 3 is 1.88 bits per heavy atom. The Morgan fingerprint density at radius 1 is 0.783 bits per heavy atom. The number of carboxylic acid groups (broad SMARTS) is 3. The number of rotatable bonds is 17. The van der Waals surface area contributed by atoms with Crippen molar-refractivity contribution >= 4 is 70.5 Å². The highest BCUT2D eigenvalue weighted by Crippen LogP contribution is 2.38. The van der Waals surface area contributed by atoms with Gasteiger partial charge in [0.1, 0.15) is 5.97 Å². The minimum Gasteiger partial charge on any atom is -0.542 e. The fourth-order valence-corrected chi connectivity index (χ4v) is 8.56. The molecular weight excluding hydrogens is 1110 g/mol. The molecule has 17 nitrogen and oxygen atoms in total. The van der Waals surface area contributed by atoms with Crippen LogP contribution in [-0.2, 0) is 43.5 Å². The quantitative estimate of drug-likeness (QED) is 0.0297. The number of alkyl halides is 9. The first kappa shape index (κ1) is 67.0. The number of benzene rings is 3. The van der Waals surface area contributed by atoms with Gasteiger partial charge in [0, 0.05) is 64.9 Å². The van der Waals surface area contributed by atoms with E-state index in [2.05, 4.69) is 115 Å². The normalized spacial score (nSPS) is 13.7. The van der Waals surface area contributed by atoms with E-state index >= 15 is 0 Å². The van der Waals surface area contributed by atoms with Gasteiger partial charge in [0.2, 0.25) is 11.8 Å². The van der Waals surface area contributed by atoms with Crippen molar-refractivity contribution in [1.29, 1.82) is 0 Å². The van der Waals surface area contributed by atoms with Crippen molar-refractivity contribution in [3.05, 3.63) is 143 Å². The van der Waals surface area contributed by atoms with Gasteiger partial charge in [-0.25, -0.2) is 14.6 Å². The summed E-state index contributed by atoms with van der Waals surface area (Å²) in [5.74, 6) is -8.06. The predicted octanol–water partition coefficient (Wildman–Crippen LogP) is 8.71. The number of likely N-dealkylation sites (tertiary alicyclic amines) is 1. The summed E-state index contributed by atoms with van der Waals surface area (Å²) in [6.07, 6.45) is 3.55. The highest BCUT2D eigenvalue weighted by molar-refractivity contribution is 6.18. The number of carboxylic acids is 3. The zero-order valence-electron chi connectivity index (χ0n) is 45.7. The standard InChI is InChI=1S/C51H60N8O3.3C2HF3O2/c1-38-33-42(15-6-5-13-40-20-23-44(24-21-40)55(3)4)34-39(2)58(38)32-28-52-49(60)25-22-43-35-57(37-53-43)29-12-11-14-41-26-30-56(31-27-41)36-50(61)59-47-18-9-7-16-45(47)51(62)54-46-17-8-10-19-48(46)59;3*3-2(4,5)1(6)7/h5-10,13,15-21,23-24,33-35,37,41H,11-12,14,22,25-32,36H2,1-4H3,(H-,52,54,60,62);3*(H,6,7). The molecule has 4 N–H and O–H groups in total. The number of fused-ring (bicyclic) bond motifs is 2. The number of para-hydroxylation sites is 3. The van der Waals surface area contributed by atoms with Gasteiger partial charge >= 0.3 is 30.5 Å². The van der Waals surface area contributed by atoms with E-state index in [9.17, 15) is 53.9 Å². The Hall–Kier alpha value is -8.55. The van der Waals surface area contributed by atoms with Crippen LogP contribution >= 0.6 is 0 Å². The van der Waals surface area contributed by atoms with Gasteiger partial charge in [0.25, 0.3) is 5.91 Å². The number of halogens is 9. The van der Waals surface area contributed by atoms with Gasteiger partial charge in [-0.1, -0.05) is 73.5 Å². The van der Waals surface area contributed by atoms with Crippen molar-refractivity contribution in [3.63, 3.8) is 0 Å². The molecule has 0 radical (unpaired) electrons. The topological polar surface area (TPSA) is 221 Å². The fourth-order valence-electron chi connectivity index (χ4n) is 8.56. The second-order valence-corrected chi connectivity index (χ2v) is 19.2. The van der Waals surface area contributed by atoms with Gasteiger partial charge < -0.3 is 40.2 Å². The predicted molar refractivity (Wildman–Crippen MR) is 288 cm³/mol. The van der Waals surface area contributed by atoms with E-state index in [0.717, 1.165) is 74.5 Å². The third-order valence-electron chi connectivity index (χ3n) is 12.7.